The molecule has 1 rings (SSSR count). The highest BCUT2D eigenvalue weighted by Crippen LogP contribution is 2.26. The average Bonchev–Trinajstić information content (AvgIpc) is 2.41. The van der Waals surface area contributed by atoms with Crippen LogP contribution in [0.1, 0.15) is 45.5 Å². The lowest BCUT2D eigenvalue weighted by Crippen LogP contribution is -2.23. The molecule has 1 amide bonds. The minimum Gasteiger partial charge on any atom is -0.370 e. The van der Waals surface area contributed by atoms with Crippen molar-refractivity contribution in [2.75, 3.05) is 30.8 Å². The van der Waals surface area contributed by atoms with Crippen LogP contribution >= 0.6 is 0 Å². The van der Waals surface area contributed by atoms with Crippen LogP contribution in [-0.4, -0.2) is 36.0 Å². The molecule has 0 aliphatic rings. The fourth-order valence-corrected chi connectivity index (χ4v) is 1.78. The number of carbonyl (C=O) groups is 1. The lowest BCUT2D eigenvalue weighted by atomic mass is 9.95. The first-order chi connectivity index (χ1) is 9.79. The van der Waals surface area contributed by atoms with Crippen molar-refractivity contribution in [2.24, 2.45) is 0 Å². The van der Waals surface area contributed by atoms with Gasteiger partial charge >= 0.3 is 0 Å². The van der Waals surface area contributed by atoms with Gasteiger partial charge in [-0.05, 0) is 13.8 Å². The third-order valence-corrected chi connectivity index (χ3v) is 3.08. The van der Waals surface area contributed by atoms with E-state index in [9.17, 15) is 4.79 Å². The summed E-state index contributed by atoms with van der Waals surface area (Å²) < 4.78 is 0. The zero-order chi connectivity index (χ0) is 16.0. The molecular formula is C15H27N5O. The Hall–Kier alpha value is -1.85. The number of anilines is 2. The first-order valence-electron chi connectivity index (χ1n) is 7.37. The molecular weight excluding hydrogens is 266 g/mol. The quantitative estimate of drug-likeness (QED) is 0.748. The summed E-state index contributed by atoms with van der Waals surface area (Å²) in [6.45, 7) is 11.6. The number of carbonyl (C=O) groups excluding carboxylic acids is 1. The molecule has 1 aromatic heterocycles. The normalized spacial score (nSPS) is 11.1. The SMILES string of the molecule is CCNc1nc(C(C)(C)C)nc(NCCC(=O)NC)c1C. The van der Waals surface area contributed by atoms with Crippen LogP contribution < -0.4 is 16.0 Å². The summed E-state index contributed by atoms with van der Waals surface area (Å²) in [4.78, 5) is 20.5. The average molecular weight is 293 g/mol. The molecule has 0 bridgehead atoms. The molecule has 6 heteroatoms. The number of amides is 1. The van der Waals surface area contributed by atoms with Crippen LogP contribution in [0.3, 0.4) is 0 Å². The van der Waals surface area contributed by atoms with Gasteiger partial charge in [0.05, 0.1) is 0 Å². The lowest BCUT2D eigenvalue weighted by Gasteiger charge is -2.21. The fraction of sp³-hybridized carbons (Fsp3) is 0.667. The van der Waals surface area contributed by atoms with Gasteiger partial charge in [0.25, 0.3) is 0 Å². The maximum absolute atomic E-state index is 11.3. The molecule has 0 saturated carbocycles. The number of aromatic nitrogens is 2. The number of hydrogen-bond acceptors (Lipinski definition) is 5. The third-order valence-electron chi connectivity index (χ3n) is 3.08. The van der Waals surface area contributed by atoms with E-state index in [2.05, 4.69) is 46.7 Å². The van der Waals surface area contributed by atoms with Gasteiger partial charge in [0, 0.05) is 37.5 Å². The molecule has 0 aliphatic heterocycles. The molecule has 1 heterocycles. The maximum atomic E-state index is 11.3. The van der Waals surface area contributed by atoms with E-state index in [1.165, 1.54) is 0 Å². The van der Waals surface area contributed by atoms with Crippen molar-refractivity contribution in [1.29, 1.82) is 0 Å². The molecule has 6 nitrogen and oxygen atoms in total. The Morgan fingerprint density at radius 3 is 2.19 bits per heavy atom. The summed E-state index contributed by atoms with van der Waals surface area (Å²) in [5, 5.41) is 9.12. The summed E-state index contributed by atoms with van der Waals surface area (Å²) in [6, 6.07) is 0. The number of nitrogens with one attached hydrogen (secondary N) is 3. The highest BCUT2D eigenvalue weighted by molar-refractivity contribution is 5.76. The van der Waals surface area contributed by atoms with Crippen LogP contribution in [-0.2, 0) is 10.2 Å². The summed E-state index contributed by atoms with van der Waals surface area (Å²) in [6.07, 6.45) is 0.418. The molecule has 0 aromatic carbocycles. The van der Waals surface area contributed by atoms with Gasteiger partial charge in [0.1, 0.15) is 17.5 Å². The highest BCUT2D eigenvalue weighted by Gasteiger charge is 2.21. The van der Waals surface area contributed by atoms with Crippen molar-refractivity contribution < 1.29 is 4.79 Å². The summed E-state index contributed by atoms with van der Waals surface area (Å²) in [7, 11) is 1.64. The molecule has 21 heavy (non-hydrogen) atoms. The van der Waals surface area contributed by atoms with Crippen LogP contribution in [0, 0.1) is 6.92 Å². The van der Waals surface area contributed by atoms with Crippen LogP contribution in [0.15, 0.2) is 0 Å². The Kier molecular flexibility index (Phi) is 5.93. The van der Waals surface area contributed by atoms with E-state index >= 15 is 0 Å². The first kappa shape index (κ1) is 17.2. The predicted molar refractivity (Wildman–Crippen MR) is 86.8 cm³/mol. The third kappa shape index (κ3) is 4.88. The van der Waals surface area contributed by atoms with E-state index in [1.807, 2.05) is 13.8 Å². The van der Waals surface area contributed by atoms with Gasteiger partial charge in [0.15, 0.2) is 0 Å². The van der Waals surface area contributed by atoms with E-state index in [-0.39, 0.29) is 11.3 Å². The Morgan fingerprint density at radius 1 is 1.14 bits per heavy atom. The van der Waals surface area contributed by atoms with Crippen molar-refractivity contribution in [1.82, 2.24) is 15.3 Å². The first-order valence-corrected chi connectivity index (χ1v) is 7.37. The minimum absolute atomic E-state index is 0.0113. The van der Waals surface area contributed by atoms with Crippen molar-refractivity contribution in [3.8, 4) is 0 Å². The molecule has 118 valence electrons. The van der Waals surface area contributed by atoms with Crippen LogP contribution in [0.5, 0.6) is 0 Å². The van der Waals surface area contributed by atoms with Crippen LogP contribution in [0.2, 0.25) is 0 Å². The summed E-state index contributed by atoms with van der Waals surface area (Å²) in [5.41, 5.74) is 0.844. The molecule has 0 fully saturated rings. The second kappa shape index (κ2) is 7.24. The van der Waals surface area contributed by atoms with Crippen molar-refractivity contribution in [2.45, 2.75) is 46.5 Å². The predicted octanol–water partition coefficient (Wildman–Crippen LogP) is 2.06. The number of nitrogens with zero attached hydrogens (tertiary/aromatic N) is 2. The zero-order valence-electron chi connectivity index (χ0n) is 13.9. The summed E-state index contributed by atoms with van der Waals surface area (Å²) in [5.74, 6) is 2.43. The van der Waals surface area contributed by atoms with Gasteiger partial charge in [-0.15, -0.1) is 0 Å². The smallest absolute Gasteiger partial charge is 0.221 e. The van der Waals surface area contributed by atoms with Gasteiger partial charge in [-0.3, -0.25) is 4.79 Å². The van der Waals surface area contributed by atoms with Gasteiger partial charge in [-0.1, -0.05) is 20.8 Å². The molecule has 1 aromatic rings. The Bertz CT molecular complexity index is 494. The molecule has 0 atom stereocenters. The zero-order valence-corrected chi connectivity index (χ0v) is 13.9. The molecule has 0 spiro atoms. The van der Waals surface area contributed by atoms with Gasteiger partial charge in [0.2, 0.25) is 5.91 Å². The number of rotatable bonds is 6. The van der Waals surface area contributed by atoms with Gasteiger partial charge in [-0.2, -0.15) is 0 Å². The van der Waals surface area contributed by atoms with E-state index in [4.69, 9.17) is 0 Å². The van der Waals surface area contributed by atoms with E-state index in [1.54, 1.807) is 7.05 Å². The molecule has 0 radical (unpaired) electrons. The largest absolute Gasteiger partial charge is 0.370 e. The van der Waals surface area contributed by atoms with Gasteiger partial charge in [-0.25, -0.2) is 9.97 Å². The topological polar surface area (TPSA) is 78.9 Å². The molecule has 0 saturated heterocycles. The van der Waals surface area contributed by atoms with E-state index in [0.717, 1.165) is 29.6 Å². The Morgan fingerprint density at radius 2 is 1.71 bits per heavy atom. The Balaban J connectivity index is 3.00. The lowest BCUT2D eigenvalue weighted by molar-refractivity contribution is -0.120. The standard InChI is InChI=1S/C15H27N5O/c1-7-17-12-10(2)13(18-9-8-11(21)16-6)20-14(19-12)15(3,4)5/h7-9H2,1-6H3,(H,16,21)(H2,17,18,19,20). The molecule has 0 unspecified atom stereocenters. The second-order valence-corrected chi connectivity index (χ2v) is 6.00. The van der Waals surface area contributed by atoms with Crippen LogP contribution in [0.4, 0.5) is 11.6 Å². The highest BCUT2D eigenvalue weighted by atomic mass is 16.1. The monoisotopic (exact) mass is 293 g/mol. The van der Waals surface area contributed by atoms with E-state index < -0.39 is 0 Å². The summed E-state index contributed by atoms with van der Waals surface area (Å²) >= 11 is 0. The number of hydrogen-bond donors (Lipinski definition) is 3. The fourth-order valence-electron chi connectivity index (χ4n) is 1.78. The second-order valence-electron chi connectivity index (χ2n) is 6.00. The van der Waals surface area contributed by atoms with Crippen molar-refractivity contribution >= 4 is 17.5 Å². The van der Waals surface area contributed by atoms with Crippen molar-refractivity contribution in [3.05, 3.63) is 11.4 Å². The van der Waals surface area contributed by atoms with Crippen LogP contribution in [0.25, 0.3) is 0 Å². The Labute approximate surface area is 127 Å². The van der Waals surface area contributed by atoms with Gasteiger partial charge < -0.3 is 16.0 Å². The van der Waals surface area contributed by atoms with E-state index in [0.29, 0.717) is 13.0 Å². The minimum atomic E-state index is -0.130. The molecule has 3 N–H and O–H groups in total. The van der Waals surface area contributed by atoms with Crippen molar-refractivity contribution in [3.63, 3.8) is 0 Å². The molecule has 0 aliphatic carbocycles. The maximum Gasteiger partial charge on any atom is 0.221 e.